The van der Waals surface area contributed by atoms with Gasteiger partial charge in [-0.1, -0.05) is 37.3 Å². The monoisotopic (exact) mass is 628 g/mol. The van der Waals surface area contributed by atoms with Gasteiger partial charge in [-0.2, -0.15) is 5.26 Å². The van der Waals surface area contributed by atoms with Gasteiger partial charge in [0.1, 0.15) is 23.3 Å². The third-order valence-electron chi connectivity index (χ3n) is 6.65. The van der Waals surface area contributed by atoms with Crippen molar-refractivity contribution in [3.05, 3.63) is 65.1 Å². The second kappa shape index (κ2) is 12.6. The number of hydrogen-bond donors (Lipinski definition) is 0. The lowest BCUT2D eigenvalue weighted by Crippen LogP contribution is -2.42. The minimum Gasteiger partial charge on any atom is -0.494 e. The van der Waals surface area contributed by atoms with Gasteiger partial charge in [0.25, 0.3) is 0 Å². The predicted octanol–water partition coefficient (Wildman–Crippen LogP) is 5.57. The highest BCUT2D eigenvalue weighted by Crippen LogP contribution is 2.39. The summed E-state index contributed by atoms with van der Waals surface area (Å²) in [5.41, 5.74) is 0.980. The van der Waals surface area contributed by atoms with E-state index in [2.05, 4.69) is 40.9 Å². The number of sulfonamides is 1. The first-order valence-corrected chi connectivity index (χ1v) is 18.8. The van der Waals surface area contributed by atoms with Gasteiger partial charge in [-0.3, -0.25) is 9.55 Å². The Morgan fingerprint density at radius 3 is 2.40 bits per heavy atom. The molecule has 4 rings (SSSR count). The SMILES string of the molecule is COc1cccc(OC)c1-n1c(-c2ccco2)nnc1N(CC[Si](C)(C)C)S(=O)(=O)C(C)Cc1ncc(Cl)cc1C#N. The quantitative estimate of drug-likeness (QED) is 0.184. The first-order valence-electron chi connectivity index (χ1n) is 13.2. The normalized spacial score (nSPS) is 12.5. The minimum absolute atomic E-state index is 0.0109. The highest BCUT2D eigenvalue weighted by atomic mass is 35.5. The average molecular weight is 629 g/mol. The Labute approximate surface area is 251 Å². The number of furan rings is 1. The molecule has 0 radical (unpaired) electrons. The number of hydrogen-bond acceptors (Lipinski definition) is 9. The molecule has 0 aliphatic carbocycles. The zero-order valence-electron chi connectivity index (χ0n) is 24.3. The summed E-state index contributed by atoms with van der Waals surface area (Å²) in [6.07, 6.45) is 2.89. The van der Waals surface area contributed by atoms with E-state index in [1.54, 1.807) is 41.8 Å². The fraction of sp³-hybridized carbons (Fsp3) is 0.357. The third-order valence-corrected chi connectivity index (χ3v) is 10.7. The summed E-state index contributed by atoms with van der Waals surface area (Å²) in [5.74, 6) is 1.54. The summed E-state index contributed by atoms with van der Waals surface area (Å²) in [4.78, 5) is 4.26. The van der Waals surface area contributed by atoms with Crippen LogP contribution in [0.25, 0.3) is 17.3 Å². The van der Waals surface area contributed by atoms with Gasteiger partial charge in [-0.15, -0.1) is 10.2 Å². The van der Waals surface area contributed by atoms with E-state index in [1.807, 2.05) is 0 Å². The molecule has 14 heteroatoms. The van der Waals surface area contributed by atoms with Gasteiger partial charge < -0.3 is 13.9 Å². The van der Waals surface area contributed by atoms with Gasteiger partial charge in [0, 0.05) is 27.2 Å². The number of nitrogens with zero attached hydrogens (tertiary/aromatic N) is 6. The summed E-state index contributed by atoms with van der Waals surface area (Å²) in [6, 6.07) is 12.9. The Hall–Kier alpha value is -3.86. The first kappa shape index (κ1) is 31.1. The Morgan fingerprint density at radius 2 is 1.83 bits per heavy atom. The first-order chi connectivity index (χ1) is 19.9. The highest BCUT2D eigenvalue weighted by molar-refractivity contribution is 7.93. The molecule has 0 bridgehead atoms. The number of halogens is 1. The smallest absolute Gasteiger partial charge is 0.246 e. The predicted molar refractivity (Wildman–Crippen MR) is 164 cm³/mol. The Bertz CT molecular complexity index is 1670. The summed E-state index contributed by atoms with van der Waals surface area (Å²) < 4.78 is 48.8. The lowest BCUT2D eigenvalue weighted by atomic mass is 10.1. The van der Waals surface area contributed by atoms with E-state index in [-0.39, 0.29) is 30.3 Å². The van der Waals surface area contributed by atoms with Crippen LogP contribution in [0.1, 0.15) is 18.2 Å². The van der Waals surface area contributed by atoms with E-state index in [4.69, 9.17) is 25.5 Å². The van der Waals surface area contributed by atoms with E-state index in [0.29, 0.717) is 39.7 Å². The lowest BCUT2D eigenvalue weighted by Gasteiger charge is -2.29. The maximum atomic E-state index is 14.4. The van der Waals surface area contributed by atoms with Crippen LogP contribution in [0.15, 0.2) is 53.3 Å². The molecule has 3 heterocycles. The Balaban J connectivity index is 1.93. The maximum Gasteiger partial charge on any atom is 0.246 e. The second-order valence-electron chi connectivity index (χ2n) is 10.8. The van der Waals surface area contributed by atoms with Crippen LogP contribution in [0, 0.1) is 11.3 Å². The molecule has 0 amide bonds. The molecule has 4 aromatic rings. The number of anilines is 1. The number of aromatic nitrogens is 4. The zero-order chi connectivity index (χ0) is 30.7. The summed E-state index contributed by atoms with van der Waals surface area (Å²) in [5, 5.41) is 17.7. The van der Waals surface area contributed by atoms with Gasteiger partial charge in [-0.25, -0.2) is 12.7 Å². The maximum absolute atomic E-state index is 14.4. The summed E-state index contributed by atoms with van der Waals surface area (Å²) in [6.45, 7) is 8.25. The van der Waals surface area contributed by atoms with Crippen LogP contribution in [0.5, 0.6) is 11.5 Å². The summed E-state index contributed by atoms with van der Waals surface area (Å²) >= 11 is 6.02. The van der Waals surface area contributed by atoms with E-state index in [1.165, 1.54) is 37.1 Å². The van der Waals surface area contributed by atoms with Crippen LogP contribution in [0.3, 0.4) is 0 Å². The molecule has 1 atom stereocenters. The molecule has 3 aromatic heterocycles. The molecule has 1 aromatic carbocycles. The van der Waals surface area contributed by atoms with Crippen molar-refractivity contribution < 1.29 is 22.3 Å². The number of rotatable bonds is 12. The molecule has 42 heavy (non-hydrogen) atoms. The number of para-hydroxylation sites is 1. The Morgan fingerprint density at radius 1 is 1.14 bits per heavy atom. The molecular formula is C28H33ClN6O5SSi. The van der Waals surface area contributed by atoms with Crippen molar-refractivity contribution in [2.24, 2.45) is 0 Å². The van der Waals surface area contributed by atoms with Gasteiger partial charge in [0.05, 0.1) is 42.0 Å². The van der Waals surface area contributed by atoms with Crippen molar-refractivity contribution in [3.8, 4) is 34.8 Å². The van der Waals surface area contributed by atoms with Crippen LogP contribution in [-0.2, 0) is 16.4 Å². The minimum atomic E-state index is -4.10. The van der Waals surface area contributed by atoms with Gasteiger partial charge in [-0.05, 0) is 43.3 Å². The van der Waals surface area contributed by atoms with Crippen LogP contribution in [-0.4, -0.2) is 62.3 Å². The van der Waals surface area contributed by atoms with Crippen molar-refractivity contribution in [3.63, 3.8) is 0 Å². The fourth-order valence-corrected chi connectivity index (χ4v) is 7.07. The van der Waals surface area contributed by atoms with Gasteiger partial charge in [0.15, 0.2) is 5.76 Å². The molecular weight excluding hydrogens is 596 g/mol. The molecule has 0 saturated heterocycles. The van der Waals surface area contributed by atoms with Crippen molar-refractivity contribution in [2.45, 2.75) is 44.3 Å². The number of benzene rings is 1. The van der Waals surface area contributed by atoms with Crippen molar-refractivity contribution in [2.75, 3.05) is 25.1 Å². The highest BCUT2D eigenvalue weighted by Gasteiger charge is 2.37. The van der Waals surface area contributed by atoms with Crippen LogP contribution >= 0.6 is 11.6 Å². The average Bonchev–Trinajstić information content (AvgIpc) is 3.63. The third kappa shape index (κ3) is 6.45. The molecule has 1 unspecified atom stereocenters. The van der Waals surface area contributed by atoms with Crippen LogP contribution in [0.4, 0.5) is 5.95 Å². The van der Waals surface area contributed by atoms with Crippen molar-refractivity contribution in [1.29, 1.82) is 5.26 Å². The number of methoxy groups -OCH3 is 2. The largest absolute Gasteiger partial charge is 0.494 e. The van der Waals surface area contributed by atoms with E-state index in [0.717, 1.165) is 0 Å². The van der Waals surface area contributed by atoms with E-state index in [9.17, 15) is 13.7 Å². The lowest BCUT2D eigenvalue weighted by molar-refractivity contribution is 0.391. The molecule has 0 saturated carbocycles. The summed E-state index contributed by atoms with van der Waals surface area (Å²) in [7, 11) is -2.81. The molecule has 0 fully saturated rings. The fourth-order valence-electron chi connectivity index (χ4n) is 4.36. The molecule has 11 nitrogen and oxygen atoms in total. The van der Waals surface area contributed by atoms with Gasteiger partial charge >= 0.3 is 0 Å². The molecule has 0 aliphatic heterocycles. The molecule has 0 aliphatic rings. The van der Waals surface area contributed by atoms with Gasteiger partial charge in [0.2, 0.25) is 21.8 Å². The number of ether oxygens (including phenoxy) is 2. The molecule has 0 N–H and O–H groups in total. The zero-order valence-corrected chi connectivity index (χ0v) is 26.9. The standard InChI is InChI=1S/C28H33ClN6O5SSi/c1-19(15-22-20(17-30)16-21(29)18-31-22)41(36,37)34(12-14-42(4,5)6)28-33-32-27(25-11-8-13-40-25)35(28)26-23(38-2)9-7-10-24(26)39-3/h7-11,13,16,18-19H,12,14-15H2,1-6H3. The van der Waals surface area contributed by atoms with E-state index >= 15 is 0 Å². The second-order valence-corrected chi connectivity index (χ2v) is 19.2. The van der Waals surface area contributed by atoms with Crippen LogP contribution in [0.2, 0.25) is 30.7 Å². The number of nitriles is 1. The Kier molecular flexibility index (Phi) is 9.30. The molecule has 222 valence electrons. The molecule has 0 spiro atoms. The van der Waals surface area contributed by atoms with Crippen molar-refractivity contribution in [1.82, 2.24) is 19.7 Å². The van der Waals surface area contributed by atoms with Crippen molar-refractivity contribution >= 4 is 35.6 Å². The van der Waals surface area contributed by atoms with E-state index < -0.39 is 23.3 Å². The topological polar surface area (TPSA) is 136 Å². The van der Waals surface area contributed by atoms with Crippen LogP contribution < -0.4 is 13.8 Å². The number of pyridine rings is 1.